The van der Waals surface area contributed by atoms with Gasteiger partial charge in [0.05, 0.1) is 0 Å². The first kappa shape index (κ1) is 15.8. The lowest BCUT2D eigenvalue weighted by Gasteiger charge is -2.21. The van der Waals surface area contributed by atoms with Gasteiger partial charge in [-0.15, -0.1) is 0 Å². The Balaban J connectivity index is 2.06. The van der Waals surface area contributed by atoms with Gasteiger partial charge < -0.3 is 0 Å². The monoisotopic (exact) mass is 315 g/mol. The molecule has 0 aliphatic rings. The van der Waals surface area contributed by atoms with Crippen molar-refractivity contribution in [2.24, 2.45) is 0 Å². The summed E-state index contributed by atoms with van der Waals surface area (Å²) in [5.74, 6) is 0. The van der Waals surface area contributed by atoms with Gasteiger partial charge in [0.1, 0.15) is 0 Å². The molecule has 0 unspecified atom stereocenters. The zero-order chi connectivity index (χ0) is 16.3. The number of rotatable bonds is 3. The number of benzene rings is 3. The van der Waals surface area contributed by atoms with E-state index >= 15 is 0 Å². The van der Waals surface area contributed by atoms with Gasteiger partial charge in [-0.05, 0) is 11.0 Å². The fourth-order valence-electron chi connectivity index (χ4n) is 2.85. The summed E-state index contributed by atoms with van der Waals surface area (Å²) in [4.78, 5) is 0. The highest BCUT2D eigenvalue weighted by Crippen LogP contribution is 2.20. The summed E-state index contributed by atoms with van der Waals surface area (Å²) >= 11 is 0. The van der Waals surface area contributed by atoms with Crippen LogP contribution in [-0.4, -0.2) is 8.80 Å². The third kappa shape index (κ3) is 3.62. The predicted molar refractivity (Wildman–Crippen MR) is 103 cm³/mol. The summed E-state index contributed by atoms with van der Waals surface area (Å²) in [5.41, 5.74) is 1.59. The summed E-state index contributed by atoms with van der Waals surface area (Å²) in [6.45, 7) is 6.80. The first-order chi connectivity index (χ1) is 11.1. The quantitative estimate of drug-likeness (QED) is 0.512. The van der Waals surface area contributed by atoms with E-state index in [1.807, 2.05) is 0 Å². The maximum atomic E-state index is 2.33. The lowest BCUT2D eigenvalue weighted by molar-refractivity contribution is 0.590. The maximum absolute atomic E-state index is 2.33. The molecule has 0 N–H and O–H groups in total. The van der Waals surface area contributed by atoms with Crippen molar-refractivity contribution in [1.29, 1.82) is 0 Å². The average Bonchev–Trinajstić information content (AvgIpc) is 2.57. The van der Waals surface area contributed by atoms with E-state index in [9.17, 15) is 0 Å². The van der Waals surface area contributed by atoms with Crippen LogP contribution in [0.2, 0.25) is 0 Å². The summed E-state index contributed by atoms with van der Waals surface area (Å²) < 4.78 is 0. The Labute approximate surface area is 141 Å². The van der Waals surface area contributed by atoms with Gasteiger partial charge in [0, 0.05) is 0 Å². The second-order valence-electron chi connectivity index (χ2n) is 6.93. The molecule has 0 bridgehead atoms. The smallest absolute Gasteiger partial charge is 0.0624 e. The molecule has 1 heteroatoms. The van der Waals surface area contributed by atoms with Crippen molar-refractivity contribution < 1.29 is 0 Å². The molecule has 0 saturated carbocycles. The third-order valence-corrected chi connectivity index (χ3v) is 6.90. The Morgan fingerprint density at radius 3 is 1.30 bits per heavy atom. The molecule has 0 fully saturated rings. The van der Waals surface area contributed by atoms with Crippen LogP contribution in [0.5, 0.6) is 0 Å². The molecule has 23 heavy (non-hydrogen) atoms. The average molecular weight is 316 g/mol. The lowest BCUT2D eigenvalue weighted by Crippen LogP contribution is -2.51. The molecular formula is C22H23Si. The molecule has 0 aliphatic heterocycles. The molecule has 0 nitrogen and oxygen atoms in total. The van der Waals surface area contributed by atoms with Gasteiger partial charge in [0.15, 0.2) is 8.80 Å². The second-order valence-corrected chi connectivity index (χ2v) is 9.42. The molecule has 1 radical (unpaired) electrons. The van der Waals surface area contributed by atoms with Crippen molar-refractivity contribution in [3.05, 3.63) is 90.5 Å². The Morgan fingerprint density at radius 2 is 0.913 bits per heavy atom. The highest BCUT2D eigenvalue weighted by Gasteiger charge is 2.20. The van der Waals surface area contributed by atoms with Gasteiger partial charge in [0.25, 0.3) is 0 Å². The summed E-state index contributed by atoms with van der Waals surface area (Å²) in [6, 6.07) is 31.1. The first-order valence-electron chi connectivity index (χ1n) is 8.14. The highest BCUT2D eigenvalue weighted by atomic mass is 28.3. The highest BCUT2D eigenvalue weighted by molar-refractivity contribution is 6.95. The van der Waals surface area contributed by atoms with Crippen molar-refractivity contribution in [2.45, 2.75) is 26.2 Å². The second kappa shape index (κ2) is 6.55. The fraction of sp³-hybridized carbons (Fsp3) is 0.182. The topological polar surface area (TPSA) is 0 Å². The Hall–Kier alpha value is -2.12. The van der Waals surface area contributed by atoms with E-state index in [4.69, 9.17) is 0 Å². The van der Waals surface area contributed by atoms with Gasteiger partial charge in [0.2, 0.25) is 0 Å². The van der Waals surface area contributed by atoms with Crippen LogP contribution in [-0.2, 0) is 5.41 Å². The summed E-state index contributed by atoms with van der Waals surface area (Å²) in [7, 11) is -0.939. The van der Waals surface area contributed by atoms with Gasteiger partial charge in [-0.25, -0.2) is 0 Å². The maximum Gasteiger partial charge on any atom is 0.154 e. The predicted octanol–water partition coefficient (Wildman–Crippen LogP) is 3.50. The van der Waals surface area contributed by atoms with Crippen molar-refractivity contribution in [3.8, 4) is 0 Å². The molecule has 0 heterocycles. The van der Waals surface area contributed by atoms with E-state index < -0.39 is 8.80 Å². The van der Waals surface area contributed by atoms with Crippen molar-refractivity contribution in [2.75, 3.05) is 0 Å². The third-order valence-electron chi connectivity index (χ3n) is 4.16. The fourth-order valence-corrected chi connectivity index (χ4v) is 5.40. The zero-order valence-electron chi connectivity index (χ0n) is 14.1. The molecule has 115 valence electrons. The van der Waals surface area contributed by atoms with Crippen LogP contribution in [0.1, 0.15) is 26.3 Å². The standard InChI is InChI=1S/C22H23Si/c1-22(2,3)18-14-16-21(17-15-18)23(19-10-6-4-7-11-19)20-12-8-5-9-13-20/h4-17H,1-3H3. The molecular weight excluding hydrogens is 292 g/mol. The van der Waals surface area contributed by atoms with Crippen LogP contribution in [0.3, 0.4) is 0 Å². The van der Waals surface area contributed by atoms with E-state index in [1.54, 1.807) is 0 Å². The van der Waals surface area contributed by atoms with Crippen LogP contribution < -0.4 is 15.6 Å². The van der Waals surface area contributed by atoms with Crippen molar-refractivity contribution in [1.82, 2.24) is 0 Å². The Bertz CT molecular complexity index is 698. The minimum absolute atomic E-state index is 0.199. The van der Waals surface area contributed by atoms with Crippen molar-refractivity contribution >= 4 is 24.4 Å². The normalized spacial score (nSPS) is 11.7. The first-order valence-corrected chi connectivity index (χ1v) is 9.64. The van der Waals surface area contributed by atoms with Crippen LogP contribution in [0.25, 0.3) is 0 Å². The van der Waals surface area contributed by atoms with E-state index in [1.165, 1.54) is 21.1 Å². The van der Waals surface area contributed by atoms with E-state index in [2.05, 4.69) is 106 Å². The summed E-state index contributed by atoms with van der Waals surface area (Å²) in [6.07, 6.45) is 0. The van der Waals surface area contributed by atoms with Crippen LogP contribution in [0.15, 0.2) is 84.9 Å². The molecule has 3 aromatic rings. The lowest BCUT2D eigenvalue weighted by atomic mass is 9.87. The summed E-state index contributed by atoms with van der Waals surface area (Å²) in [5, 5.41) is 4.32. The van der Waals surface area contributed by atoms with E-state index in [0.717, 1.165) is 0 Å². The van der Waals surface area contributed by atoms with Crippen LogP contribution in [0.4, 0.5) is 0 Å². The van der Waals surface area contributed by atoms with Gasteiger partial charge in [-0.2, -0.15) is 0 Å². The van der Waals surface area contributed by atoms with E-state index in [-0.39, 0.29) is 5.41 Å². The Kier molecular flexibility index (Phi) is 4.49. The van der Waals surface area contributed by atoms with Gasteiger partial charge in [-0.3, -0.25) is 0 Å². The number of hydrogen-bond donors (Lipinski definition) is 0. The van der Waals surface area contributed by atoms with E-state index in [0.29, 0.717) is 0 Å². The van der Waals surface area contributed by atoms with Crippen LogP contribution in [0, 0.1) is 0 Å². The molecule has 0 atom stereocenters. The molecule has 0 aliphatic carbocycles. The van der Waals surface area contributed by atoms with Gasteiger partial charge >= 0.3 is 0 Å². The largest absolute Gasteiger partial charge is 0.154 e. The molecule has 3 aromatic carbocycles. The molecule has 0 spiro atoms. The SMILES string of the molecule is CC(C)(C)c1ccc([Si](c2ccccc2)c2ccccc2)cc1. The molecule has 0 amide bonds. The van der Waals surface area contributed by atoms with Gasteiger partial charge in [-0.1, -0.05) is 121 Å². The Morgan fingerprint density at radius 1 is 0.522 bits per heavy atom. The minimum atomic E-state index is -0.939. The minimum Gasteiger partial charge on any atom is -0.0624 e. The number of hydrogen-bond acceptors (Lipinski definition) is 0. The molecule has 0 aromatic heterocycles. The molecule has 0 saturated heterocycles. The van der Waals surface area contributed by atoms with Crippen molar-refractivity contribution in [3.63, 3.8) is 0 Å². The zero-order valence-corrected chi connectivity index (χ0v) is 15.1. The van der Waals surface area contributed by atoms with Crippen LogP contribution >= 0.6 is 0 Å². The molecule has 3 rings (SSSR count).